The summed E-state index contributed by atoms with van der Waals surface area (Å²) in [6.45, 7) is 2.29. The van der Waals surface area contributed by atoms with E-state index >= 15 is 0 Å². The van der Waals surface area contributed by atoms with Gasteiger partial charge in [0, 0.05) is 11.6 Å². The number of fused-ring (bicyclic) bond motifs is 3. The number of carbonyl (C=O) groups is 1. The van der Waals surface area contributed by atoms with Crippen LogP contribution in [-0.2, 0) is 17.9 Å². The number of nitrogens with zero attached hydrogens (tertiary/aromatic N) is 3. The van der Waals surface area contributed by atoms with Gasteiger partial charge in [0.05, 0.1) is 30.6 Å². The molecule has 0 aliphatic heterocycles. The number of benzene rings is 1. The lowest BCUT2D eigenvalue weighted by atomic mass is 10.2. The summed E-state index contributed by atoms with van der Waals surface area (Å²) in [5.74, 6) is 0.833. The van der Waals surface area contributed by atoms with E-state index in [-0.39, 0.29) is 19.0 Å². The molecule has 1 aromatic carbocycles. The number of pyridine rings is 1. The summed E-state index contributed by atoms with van der Waals surface area (Å²) in [6.07, 6.45) is 3.15. The van der Waals surface area contributed by atoms with Crippen molar-refractivity contribution in [3.63, 3.8) is 0 Å². The molecule has 0 atom stereocenters. The minimum atomic E-state index is -0.613. The van der Waals surface area contributed by atoms with Crippen molar-refractivity contribution in [1.82, 2.24) is 19.4 Å². The zero-order valence-electron chi connectivity index (χ0n) is 18.2. The van der Waals surface area contributed by atoms with Crippen molar-refractivity contribution in [2.24, 2.45) is 0 Å². The van der Waals surface area contributed by atoms with E-state index in [1.807, 2.05) is 6.92 Å². The average molecular weight is 477 g/mol. The van der Waals surface area contributed by atoms with Gasteiger partial charge in [-0.2, -0.15) is 0 Å². The van der Waals surface area contributed by atoms with E-state index < -0.39 is 11.2 Å². The summed E-state index contributed by atoms with van der Waals surface area (Å²) in [4.78, 5) is 44.8. The lowest BCUT2D eigenvalue weighted by Crippen LogP contribution is -2.41. The first kappa shape index (κ1) is 21.7. The van der Waals surface area contributed by atoms with Crippen LogP contribution in [0.1, 0.15) is 12.7 Å². The smallest absolute Gasteiger partial charge is 0.336 e. The average Bonchev–Trinajstić information content (AvgIpc) is 3.50. The van der Waals surface area contributed by atoms with Crippen LogP contribution in [0.4, 0.5) is 0 Å². The van der Waals surface area contributed by atoms with Gasteiger partial charge >= 0.3 is 5.69 Å². The second kappa shape index (κ2) is 8.99. The van der Waals surface area contributed by atoms with Gasteiger partial charge in [-0.1, -0.05) is 0 Å². The van der Waals surface area contributed by atoms with Gasteiger partial charge in [0.25, 0.3) is 5.56 Å². The highest BCUT2D eigenvalue weighted by molar-refractivity contribution is 7.25. The Labute approximate surface area is 196 Å². The number of aromatic nitrogens is 3. The van der Waals surface area contributed by atoms with E-state index in [0.717, 1.165) is 4.57 Å². The van der Waals surface area contributed by atoms with Gasteiger partial charge in [-0.05, 0) is 55.5 Å². The second-order valence-corrected chi connectivity index (χ2v) is 8.43. The van der Waals surface area contributed by atoms with Crippen LogP contribution >= 0.6 is 11.3 Å². The van der Waals surface area contributed by atoms with Crippen molar-refractivity contribution in [2.45, 2.75) is 20.0 Å². The van der Waals surface area contributed by atoms with Crippen molar-refractivity contribution in [1.29, 1.82) is 0 Å². The molecular weight excluding hydrogens is 456 g/mol. The number of hydrogen-bond donors (Lipinski definition) is 1. The minimum Gasteiger partial charge on any atom is -0.494 e. The first-order valence-electron chi connectivity index (χ1n) is 10.6. The van der Waals surface area contributed by atoms with Gasteiger partial charge in [0.15, 0.2) is 0 Å². The van der Waals surface area contributed by atoms with Crippen LogP contribution in [0.2, 0.25) is 0 Å². The molecule has 0 spiro atoms. The van der Waals surface area contributed by atoms with Crippen molar-refractivity contribution in [2.75, 3.05) is 6.61 Å². The monoisotopic (exact) mass is 476 g/mol. The number of furan rings is 1. The number of thiophene rings is 1. The molecule has 0 unspecified atom stereocenters. The number of ether oxygens (including phenoxy) is 1. The Hall–Kier alpha value is -4.18. The van der Waals surface area contributed by atoms with Crippen LogP contribution < -0.4 is 21.3 Å². The lowest BCUT2D eigenvalue weighted by Gasteiger charge is -2.13. The largest absolute Gasteiger partial charge is 0.494 e. The summed E-state index contributed by atoms with van der Waals surface area (Å²) in [7, 11) is 0. The molecule has 9 nitrogen and oxygen atoms in total. The highest BCUT2D eigenvalue weighted by Gasteiger charge is 2.21. The molecule has 0 saturated carbocycles. The molecule has 0 fully saturated rings. The van der Waals surface area contributed by atoms with Gasteiger partial charge in [0.1, 0.15) is 27.6 Å². The molecule has 34 heavy (non-hydrogen) atoms. The fourth-order valence-electron chi connectivity index (χ4n) is 3.77. The van der Waals surface area contributed by atoms with Gasteiger partial charge in [-0.15, -0.1) is 11.3 Å². The third kappa shape index (κ3) is 3.88. The van der Waals surface area contributed by atoms with Gasteiger partial charge in [0.2, 0.25) is 5.91 Å². The Morgan fingerprint density at radius 2 is 1.97 bits per heavy atom. The summed E-state index contributed by atoms with van der Waals surface area (Å²) >= 11 is 1.19. The quantitative estimate of drug-likeness (QED) is 0.387. The van der Waals surface area contributed by atoms with E-state index in [9.17, 15) is 14.4 Å². The number of nitrogens with one attached hydrogen (secondary N) is 1. The maximum atomic E-state index is 13.6. The molecule has 4 heterocycles. The highest BCUT2D eigenvalue weighted by atomic mass is 32.1. The van der Waals surface area contributed by atoms with Crippen molar-refractivity contribution >= 4 is 37.7 Å². The first-order valence-corrected chi connectivity index (χ1v) is 11.4. The molecule has 0 radical (unpaired) electrons. The highest BCUT2D eigenvalue weighted by Crippen LogP contribution is 2.29. The normalized spacial score (nSPS) is 11.2. The molecule has 0 aliphatic carbocycles. The van der Waals surface area contributed by atoms with Gasteiger partial charge in [-0.3, -0.25) is 14.2 Å². The molecule has 10 heteroatoms. The molecule has 5 aromatic rings. The molecule has 4 aromatic heterocycles. The van der Waals surface area contributed by atoms with Crippen LogP contribution in [0, 0.1) is 0 Å². The Kier molecular flexibility index (Phi) is 5.72. The maximum absolute atomic E-state index is 13.6. The van der Waals surface area contributed by atoms with Crippen molar-refractivity contribution < 1.29 is 13.9 Å². The van der Waals surface area contributed by atoms with Gasteiger partial charge in [-0.25, -0.2) is 14.3 Å². The van der Waals surface area contributed by atoms with Crippen molar-refractivity contribution in [3.8, 4) is 11.4 Å². The van der Waals surface area contributed by atoms with Crippen LogP contribution in [0.15, 0.2) is 75.0 Å². The molecule has 172 valence electrons. The molecule has 1 amide bonds. The predicted molar refractivity (Wildman–Crippen MR) is 129 cm³/mol. The van der Waals surface area contributed by atoms with E-state index in [0.29, 0.717) is 44.2 Å². The Bertz CT molecular complexity index is 1600. The maximum Gasteiger partial charge on any atom is 0.336 e. The van der Waals surface area contributed by atoms with Crippen LogP contribution in [0.25, 0.3) is 26.1 Å². The third-order valence-corrected chi connectivity index (χ3v) is 6.37. The van der Waals surface area contributed by atoms with Crippen molar-refractivity contribution in [3.05, 3.63) is 87.6 Å². The molecular formula is C24H20N4O5S. The Morgan fingerprint density at radius 3 is 2.71 bits per heavy atom. The summed E-state index contributed by atoms with van der Waals surface area (Å²) in [5, 5.41) is 3.40. The minimum absolute atomic E-state index is 0.189. The Balaban J connectivity index is 1.65. The van der Waals surface area contributed by atoms with Gasteiger partial charge < -0.3 is 14.5 Å². The molecule has 1 N–H and O–H groups in total. The fraction of sp³-hybridized carbons (Fsp3) is 0.167. The Morgan fingerprint density at radius 1 is 1.15 bits per heavy atom. The number of amides is 1. The fourth-order valence-corrected chi connectivity index (χ4v) is 4.85. The third-order valence-electron chi connectivity index (χ3n) is 5.28. The topological polar surface area (TPSA) is 108 Å². The molecule has 5 rings (SSSR count). The standard InChI is InChI=1S/C24H20N4O5S/c1-2-32-16-9-7-15(8-10-16)28-23(30)21-20(18-6-3-11-25-22(18)34-21)27(24(28)31)14-19(29)26-13-17-5-4-12-33-17/h3-12H,2,13-14H2,1H3,(H,26,29). The number of rotatable bonds is 7. The van der Waals surface area contributed by atoms with Crippen LogP contribution in [0.5, 0.6) is 5.75 Å². The number of carbonyl (C=O) groups excluding carboxylic acids is 1. The van der Waals surface area contributed by atoms with E-state index in [1.54, 1.807) is 54.7 Å². The lowest BCUT2D eigenvalue weighted by molar-refractivity contribution is -0.121. The van der Waals surface area contributed by atoms with Crippen LogP contribution in [0.3, 0.4) is 0 Å². The predicted octanol–water partition coefficient (Wildman–Crippen LogP) is 3.07. The zero-order chi connectivity index (χ0) is 23.7. The summed E-state index contributed by atoms with van der Waals surface area (Å²) < 4.78 is 13.5. The van der Waals surface area contributed by atoms with E-state index in [2.05, 4.69) is 10.3 Å². The molecule has 0 aliphatic rings. The van der Waals surface area contributed by atoms with Crippen LogP contribution in [-0.4, -0.2) is 26.6 Å². The zero-order valence-corrected chi connectivity index (χ0v) is 19.0. The first-order chi connectivity index (χ1) is 16.6. The van der Waals surface area contributed by atoms with E-state index in [1.165, 1.54) is 22.2 Å². The SMILES string of the molecule is CCOc1ccc(-n2c(=O)c3sc4ncccc4c3n(CC(=O)NCc3ccco3)c2=O)cc1. The summed E-state index contributed by atoms with van der Waals surface area (Å²) in [5.41, 5.74) is -0.285. The summed E-state index contributed by atoms with van der Waals surface area (Å²) in [6, 6.07) is 13.7. The molecule has 0 saturated heterocycles. The van der Waals surface area contributed by atoms with E-state index in [4.69, 9.17) is 9.15 Å². The second-order valence-electron chi connectivity index (χ2n) is 7.43. The number of hydrogen-bond acceptors (Lipinski definition) is 7. The molecule has 0 bridgehead atoms.